The smallest absolute Gasteiger partial charge is 0.242 e. The van der Waals surface area contributed by atoms with E-state index < -0.39 is 5.41 Å². The van der Waals surface area contributed by atoms with Crippen LogP contribution in [-0.4, -0.2) is 47.2 Å². The fraction of sp³-hybridized carbons (Fsp3) is 0.550. The first-order valence-electron chi connectivity index (χ1n) is 9.22. The van der Waals surface area contributed by atoms with Gasteiger partial charge in [0, 0.05) is 19.5 Å². The van der Waals surface area contributed by atoms with E-state index >= 15 is 0 Å². The summed E-state index contributed by atoms with van der Waals surface area (Å²) in [6, 6.07) is 7.89. The first-order valence-corrected chi connectivity index (χ1v) is 9.22. The second kappa shape index (κ2) is 5.97. The Hall–Kier alpha value is -2.17. The van der Waals surface area contributed by atoms with E-state index in [0.29, 0.717) is 12.3 Å². The van der Waals surface area contributed by atoms with Crippen LogP contribution in [-0.2, 0) is 26.2 Å². The van der Waals surface area contributed by atoms with Crippen molar-refractivity contribution in [2.75, 3.05) is 19.6 Å². The molecule has 1 aromatic carbocycles. The first-order chi connectivity index (χ1) is 12.0. The number of likely N-dealkylation sites (tertiary alicyclic amines) is 2. The van der Waals surface area contributed by atoms with Gasteiger partial charge >= 0.3 is 0 Å². The number of carbonyl (C=O) groups excluding carboxylic acids is 3. The van der Waals surface area contributed by atoms with Crippen LogP contribution < -0.4 is 0 Å². The SMILES string of the molecule is CC1CCN(C(=O)CN2C(=O)C[C@]3(CCc4ccccc43)C2=O)CC1. The van der Waals surface area contributed by atoms with E-state index in [4.69, 9.17) is 0 Å². The van der Waals surface area contributed by atoms with Gasteiger partial charge in [-0.3, -0.25) is 19.3 Å². The maximum atomic E-state index is 13.1. The third kappa shape index (κ3) is 2.57. The molecule has 1 aromatic rings. The molecule has 1 aliphatic carbocycles. The molecule has 2 saturated heterocycles. The van der Waals surface area contributed by atoms with Crippen molar-refractivity contribution >= 4 is 17.7 Å². The van der Waals surface area contributed by atoms with Gasteiger partial charge in [-0.25, -0.2) is 0 Å². The zero-order valence-corrected chi connectivity index (χ0v) is 14.7. The molecule has 0 radical (unpaired) electrons. The summed E-state index contributed by atoms with van der Waals surface area (Å²) in [5.74, 6) is 0.149. The summed E-state index contributed by atoms with van der Waals surface area (Å²) in [5, 5.41) is 0. The lowest BCUT2D eigenvalue weighted by Crippen LogP contribution is -2.46. The van der Waals surface area contributed by atoms with Gasteiger partial charge in [0.25, 0.3) is 0 Å². The molecule has 0 N–H and O–H groups in total. The summed E-state index contributed by atoms with van der Waals surface area (Å²) < 4.78 is 0. The maximum Gasteiger partial charge on any atom is 0.242 e. The first kappa shape index (κ1) is 16.3. The zero-order valence-electron chi connectivity index (χ0n) is 14.7. The lowest BCUT2D eigenvalue weighted by Gasteiger charge is -2.31. The number of benzene rings is 1. The molecule has 132 valence electrons. The number of hydrogen-bond acceptors (Lipinski definition) is 3. The third-order valence-corrected chi connectivity index (χ3v) is 6.19. The van der Waals surface area contributed by atoms with E-state index in [1.807, 2.05) is 24.3 Å². The molecule has 0 aromatic heterocycles. The van der Waals surface area contributed by atoms with Gasteiger partial charge in [-0.15, -0.1) is 0 Å². The number of carbonyl (C=O) groups is 3. The Bertz CT molecular complexity index is 736. The quantitative estimate of drug-likeness (QED) is 0.773. The summed E-state index contributed by atoms with van der Waals surface area (Å²) in [5.41, 5.74) is 1.40. The van der Waals surface area contributed by atoms with Crippen molar-refractivity contribution in [2.45, 2.75) is 44.4 Å². The number of aryl methyl sites for hydroxylation is 1. The molecule has 2 heterocycles. The van der Waals surface area contributed by atoms with Crippen molar-refractivity contribution in [1.82, 2.24) is 9.80 Å². The Morgan fingerprint density at radius 1 is 1.20 bits per heavy atom. The van der Waals surface area contributed by atoms with Crippen molar-refractivity contribution < 1.29 is 14.4 Å². The minimum absolute atomic E-state index is 0.100. The Kier molecular flexibility index (Phi) is 3.89. The molecule has 0 saturated carbocycles. The van der Waals surface area contributed by atoms with Crippen molar-refractivity contribution in [2.24, 2.45) is 5.92 Å². The molecular weight excluding hydrogens is 316 g/mol. The monoisotopic (exact) mass is 340 g/mol. The van der Waals surface area contributed by atoms with Crippen LogP contribution in [0.4, 0.5) is 0 Å². The molecule has 0 bridgehead atoms. The number of amides is 3. The summed E-state index contributed by atoms with van der Waals surface area (Å²) in [6.07, 6.45) is 3.67. The normalized spacial score (nSPS) is 26.6. The van der Waals surface area contributed by atoms with E-state index in [2.05, 4.69) is 6.92 Å². The van der Waals surface area contributed by atoms with Gasteiger partial charge in [-0.05, 0) is 42.7 Å². The maximum absolute atomic E-state index is 13.1. The van der Waals surface area contributed by atoms with Crippen molar-refractivity contribution in [1.29, 1.82) is 0 Å². The van der Waals surface area contributed by atoms with Gasteiger partial charge in [0.15, 0.2) is 0 Å². The third-order valence-electron chi connectivity index (χ3n) is 6.19. The van der Waals surface area contributed by atoms with Gasteiger partial charge in [0.05, 0.1) is 5.41 Å². The number of hydrogen-bond donors (Lipinski definition) is 0. The van der Waals surface area contributed by atoms with Gasteiger partial charge in [0.2, 0.25) is 17.7 Å². The predicted octanol–water partition coefficient (Wildman–Crippen LogP) is 1.89. The van der Waals surface area contributed by atoms with Crippen LogP contribution in [0.15, 0.2) is 24.3 Å². The second-order valence-corrected chi connectivity index (χ2v) is 7.76. The van der Waals surface area contributed by atoms with Crippen molar-refractivity contribution in [3.63, 3.8) is 0 Å². The lowest BCUT2D eigenvalue weighted by molar-refractivity contribution is -0.147. The molecule has 5 heteroatoms. The fourth-order valence-electron chi connectivity index (χ4n) is 4.55. The van der Waals surface area contributed by atoms with Crippen LogP contribution in [0.2, 0.25) is 0 Å². The van der Waals surface area contributed by atoms with E-state index in [0.717, 1.165) is 43.5 Å². The molecule has 1 spiro atoms. The van der Waals surface area contributed by atoms with Gasteiger partial charge in [-0.1, -0.05) is 31.2 Å². The lowest BCUT2D eigenvalue weighted by atomic mass is 9.80. The summed E-state index contributed by atoms with van der Waals surface area (Å²) >= 11 is 0. The van der Waals surface area contributed by atoms with Crippen LogP contribution in [0, 0.1) is 5.92 Å². The standard InChI is InChI=1S/C20H24N2O3/c1-14-7-10-21(11-8-14)18(24)13-22-17(23)12-20(19(22)25)9-6-15-4-2-3-5-16(15)20/h2-5,14H,6-13H2,1H3/t20-/m0/s1. The number of imide groups is 1. The number of nitrogens with zero attached hydrogens (tertiary/aromatic N) is 2. The van der Waals surface area contributed by atoms with E-state index in [1.165, 1.54) is 4.90 Å². The van der Waals surface area contributed by atoms with E-state index in [-0.39, 0.29) is 30.7 Å². The van der Waals surface area contributed by atoms with E-state index in [1.54, 1.807) is 4.90 Å². The Balaban J connectivity index is 1.52. The largest absolute Gasteiger partial charge is 0.341 e. The second-order valence-electron chi connectivity index (χ2n) is 7.76. The van der Waals surface area contributed by atoms with Crippen molar-refractivity contribution in [3.8, 4) is 0 Å². The summed E-state index contributed by atoms with van der Waals surface area (Å²) in [6.45, 7) is 3.54. The highest BCUT2D eigenvalue weighted by molar-refractivity contribution is 6.11. The van der Waals surface area contributed by atoms with Gasteiger partial charge < -0.3 is 4.90 Å². The highest BCUT2D eigenvalue weighted by atomic mass is 16.2. The molecular formula is C20H24N2O3. The number of rotatable bonds is 2. The molecule has 4 rings (SSSR count). The molecule has 0 unspecified atom stereocenters. The fourth-order valence-corrected chi connectivity index (χ4v) is 4.55. The molecule has 1 atom stereocenters. The number of fused-ring (bicyclic) bond motifs is 2. The number of piperidine rings is 1. The molecule has 3 aliphatic rings. The zero-order chi connectivity index (χ0) is 17.6. The minimum Gasteiger partial charge on any atom is -0.341 e. The predicted molar refractivity (Wildman–Crippen MR) is 92.8 cm³/mol. The minimum atomic E-state index is -0.732. The van der Waals surface area contributed by atoms with Gasteiger partial charge in [0.1, 0.15) is 6.54 Å². The topological polar surface area (TPSA) is 57.7 Å². The molecule has 3 amide bonds. The molecule has 5 nitrogen and oxygen atoms in total. The Morgan fingerprint density at radius 3 is 2.68 bits per heavy atom. The van der Waals surface area contributed by atoms with Crippen molar-refractivity contribution in [3.05, 3.63) is 35.4 Å². The highest BCUT2D eigenvalue weighted by Gasteiger charge is 2.55. The Labute approximate surface area is 148 Å². The average Bonchev–Trinajstić information content (AvgIpc) is 3.09. The average molecular weight is 340 g/mol. The summed E-state index contributed by atoms with van der Waals surface area (Å²) in [4.78, 5) is 41.3. The van der Waals surface area contributed by atoms with Crippen LogP contribution in [0.3, 0.4) is 0 Å². The molecule has 2 fully saturated rings. The molecule has 2 aliphatic heterocycles. The summed E-state index contributed by atoms with van der Waals surface area (Å²) in [7, 11) is 0. The van der Waals surface area contributed by atoms with Crippen LogP contribution >= 0.6 is 0 Å². The highest BCUT2D eigenvalue weighted by Crippen LogP contribution is 2.46. The van der Waals surface area contributed by atoms with Gasteiger partial charge in [-0.2, -0.15) is 0 Å². The van der Waals surface area contributed by atoms with Crippen LogP contribution in [0.1, 0.15) is 43.7 Å². The van der Waals surface area contributed by atoms with E-state index in [9.17, 15) is 14.4 Å². The Morgan fingerprint density at radius 2 is 1.92 bits per heavy atom. The molecule has 25 heavy (non-hydrogen) atoms. The van der Waals surface area contributed by atoms with Crippen LogP contribution in [0.25, 0.3) is 0 Å². The van der Waals surface area contributed by atoms with Crippen LogP contribution in [0.5, 0.6) is 0 Å².